The predicted molar refractivity (Wildman–Crippen MR) is 90.0 cm³/mol. The quantitative estimate of drug-likeness (QED) is 0.771. The standard InChI is InChI=1S/C19H23NO3/c1-22-16-6-8-17(9-7-16)23-13-12-20-19(14-21)11-10-15-4-2-3-5-18(15)19/h2-9,20-21H,10-14H2,1H3. The first-order valence-corrected chi connectivity index (χ1v) is 7.98. The smallest absolute Gasteiger partial charge is 0.119 e. The Morgan fingerprint density at radius 3 is 2.57 bits per heavy atom. The van der Waals surface area contributed by atoms with E-state index in [2.05, 4.69) is 23.5 Å². The average Bonchev–Trinajstić information content (AvgIpc) is 2.99. The van der Waals surface area contributed by atoms with E-state index in [1.807, 2.05) is 30.3 Å². The van der Waals surface area contributed by atoms with Crippen LogP contribution in [-0.2, 0) is 12.0 Å². The Hall–Kier alpha value is -2.04. The van der Waals surface area contributed by atoms with Gasteiger partial charge < -0.3 is 19.9 Å². The molecule has 0 saturated heterocycles. The van der Waals surface area contributed by atoms with E-state index >= 15 is 0 Å². The van der Waals surface area contributed by atoms with Crippen LogP contribution in [0.4, 0.5) is 0 Å². The summed E-state index contributed by atoms with van der Waals surface area (Å²) in [5.41, 5.74) is 2.21. The van der Waals surface area contributed by atoms with Crippen molar-refractivity contribution in [1.29, 1.82) is 0 Å². The van der Waals surface area contributed by atoms with Crippen molar-refractivity contribution in [2.24, 2.45) is 0 Å². The largest absolute Gasteiger partial charge is 0.497 e. The number of methoxy groups -OCH3 is 1. The fraction of sp³-hybridized carbons (Fsp3) is 0.368. The molecule has 122 valence electrons. The summed E-state index contributed by atoms with van der Waals surface area (Å²) in [5.74, 6) is 1.63. The molecule has 0 bridgehead atoms. The van der Waals surface area contributed by atoms with Gasteiger partial charge in [0.05, 0.1) is 19.3 Å². The van der Waals surface area contributed by atoms with Crippen LogP contribution in [0, 0.1) is 0 Å². The van der Waals surface area contributed by atoms with Crippen molar-refractivity contribution in [2.45, 2.75) is 18.4 Å². The minimum absolute atomic E-state index is 0.104. The summed E-state index contributed by atoms with van der Waals surface area (Å²) in [6.45, 7) is 1.34. The molecule has 1 aliphatic rings. The summed E-state index contributed by atoms with van der Waals surface area (Å²) < 4.78 is 10.9. The van der Waals surface area contributed by atoms with Gasteiger partial charge in [-0.3, -0.25) is 0 Å². The van der Waals surface area contributed by atoms with Crippen LogP contribution in [0.3, 0.4) is 0 Å². The molecule has 0 aliphatic heterocycles. The lowest BCUT2D eigenvalue weighted by Gasteiger charge is -2.29. The van der Waals surface area contributed by atoms with Crippen LogP contribution in [0.1, 0.15) is 17.5 Å². The van der Waals surface area contributed by atoms with Crippen molar-refractivity contribution < 1.29 is 14.6 Å². The predicted octanol–water partition coefficient (Wildman–Crippen LogP) is 2.50. The number of rotatable bonds is 7. The molecule has 1 atom stereocenters. The van der Waals surface area contributed by atoms with Gasteiger partial charge in [-0.15, -0.1) is 0 Å². The Balaban J connectivity index is 1.55. The first-order chi connectivity index (χ1) is 11.3. The lowest BCUT2D eigenvalue weighted by molar-refractivity contribution is 0.153. The molecule has 1 unspecified atom stereocenters. The fourth-order valence-corrected chi connectivity index (χ4v) is 3.22. The van der Waals surface area contributed by atoms with Gasteiger partial charge in [-0.25, -0.2) is 0 Å². The highest BCUT2D eigenvalue weighted by molar-refractivity contribution is 5.39. The van der Waals surface area contributed by atoms with Crippen molar-refractivity contribution in [2.75, 3.05) is 26.9 Å². The summed E-state index contributed by atoms with van der Waals surface area (Å²) in [6, 6.07) is 15.9. The SMILES string of the molecule is COc1ccc(OCCNC2(CO)CCc3ccccc32)cc1. The Labute approximate surface area is 137 Å². The van der Waals surface area contributed by atoms with E-state index in [1.54, 1.807) is 7.11 Å². The third kappa shape index (κ3) is 3.33. The second kappa shape index (κ2) is 7.02. The number of nitrogens with one attached hydrogen (secondary N) is 1. The van der Waals surface area contributed by atoms with Crippen molar-refractivity contribution >= 4 is 0 Å². The van der Waals surface area contributed by atoms with Crippen LogP contribution in [-0.4, -0.2) is 32.0 Å². The Morgan fingerprint density at radius 1 is 1.09 bits per heavy atom. The number of aryl methyl sites for hydroxylation is 1. The lowest BCUT2D eigenvalue weighted by Crippen LogP contribution is -2.45. The maximum absolute atomic E-state index is 9.92. The first kappa shape index (κ1) is 15.8. The fourth-order valence-electron chi connectivity index (χ4n) is 3.22. The molecular formula is C19H23NO3. The van der Waals surface area contributed by atoms with E-state index in [1.165, 1.54) is 11.1 Å². The van der Waals surface area contributed by atoms with Crippen LogP contribution in [0.25, 0.3) is 0 Å². The van der Waals surface area contributed by atoms with Gasteiger partial charge >= 0.3 is 0 Å². The van der Waals surface area contributed by atoms with Crippen molar-refractivity contribution in [3.05, 3.63) is 59.7 Å². The number of hydrogen-bond donors (Lipinski definition) is 2. The highest BCUT2D eigenvalue weighted by atomic mass is 16.5. The molecule has 0 saturated carbocycles. The Morgan fingerprint density at radius 2 is 1.83 bits per heavy atom. The van der Waals surface area contributed by atoms with Gasteiger partial charge in [0, 0.05) is 6.54 Å². The lowest BCUT2D eigenvalue weighted by atomic mass is 9.93. The highest BCUT2D eigenvalue weighted by Gasteiger charge is 2.37. The molecule has 0 spiro atoms. The highest BCUT2D eigenvalue weighted by Crippen LogP contribution is 2.36. The van der Waals surface area contributed by atoms with Gasteiger partial charge in [0.15, 0.2) is 0 Å². The molecule has 3 rings (SSSR count). The molecule has 4 heteroatoms. The van der Waals surface area contributed by atoms with E-state index in [0.29, 0.717) is 13.2 Å². The van der Waals surface area contributed by atoms with Crippen LogP contribution in [0.15, 0.2) is 48.5 Å². The molecule has 1 aliphatic carbocycles. The van der Waals surface area contributed by atoms with E-state index in [9.17, 15) is 5.11 Å². The maximum atomic E-state index is 9.92. The topological polar surface area (TPSA) is 50.7 Å². The van der Waals surface area contributed by atoms with Crippen LogP contribution >= 0.6 is 0 Å². The van der Waals surface area contributed by atoms with Crippen molar-refractivity contribution in [3.63, 3.8) is 0 Å². The second-order valence-corrected chi connectivity index (χ2v) is 5.85. The van der Waals surface area contributed by atoms with Gasteiger partial charge in [0.2, 0.25) is 0 Å². The molecule has 0 fully saturated rings. The summed E-state index contributed by atoms with van der Waals surface area (Å²) in [6.07, 6.45) is 1.93. The molecule has 0 amide bonds. The van der Waals surface area contributed by atoms with Gasteiger partial charge in [-0.1, -0.05) is 24.3 Å². The molecule has 0 heterocycles. The minimum atomic E-state index is -0.333. The monoisotopic (exact) mass is 313 g/mol. The van der Waals surface area contributed by atoms with Gasteiger partial charge in [0.1, 0.15) is 18.1 Å². The second-order valence-electron chi connectivity index (χ2n) is 5.85. The van der Waals surface area contributed by atoms with E-state index in [-0.39, 0.29) is 12.1 Å². The number of aliphatic hydroxyl groups excluding tert-OH is 1. The number of hydrogen-bond acceptors (Lipinski definition) is 4. The first-order valence-electron chi connectivity index (χ1n) is 7.98. The van der Waals surface area contributed by atoms with Crippen LogP contribution < -0.4 is 14.8 Å². The number of aliphatic hydroxyl groups is 1. The summed E-state index contributed by atoms with van der Waals surface area (Å²) in [7, 11) is 1.65. The van der Waals surface area contributed by atoms with Crippen molar-refractivity contribution in [1.82, 2.24) is 5.32 Å². The van der Waals surface area contributed by atoms with E-state index in [0.717, 1.165) is 24.3 Å². The summed E-state index contributed by atoms with van der Waals surface area (Å²) in [4.78, 5) is 0. The number of fused-ring (bicyclic) bond motifs is 1. The zero-order valence-corrected chi connectivity index (χ0v) is 13.4. The molecule has 2 aromatic rings. The molecular weight excluding hydrogens is 290 g/mol. The third-order valence-electron chi connectivity index (χ3n) is 4.52. The normalized spacial score (nSPS) is 19.4. The summed E-state index contributed by atoms with van der Waals surface area (Å²) in [5, 5.41) is 13.4. The Bertz CT molecular complexity index is 641. The third-order valence-corrected chi connectivity index (χ3v) is 4.52. The molecule has 0 aromatic heterocycles. The minimum Gasteiger partial charge on any atom is -0.497 e. The van der Waals surface area contributed by atoms with Gasteiger partial charge in [-0.2, -0.15) is 0 Å². The summed E-state index contributed by atoms with van der Waals surface area (Å²) >= 11 is 0. The molecule has 2 N–H and O–H groups in total. The van der Waals surface area contributed by atoms with E-state index in [4.69, 9.17) is 9.47 Å². The molecule has 4 nitrogen and oxygen atoms in total. The van der Waals surface area contributed by atoms with Gasteiger partial charge in [-0.05, 0) is 48.2 Å². The molecule has 2 aromatic carbocycles. The molecule has 0 radical (unpaired) electrons. The van der Waals surface area contributed by atoms with Gasteiger partial charge in [0.25, 0.3) is 0 Å². The van der Waals surface area contributed by atoms with Crippen LogP contribution in [0.5, 0.6) is 11.5 Å². The Kier molecular flexibility index (Phi) is 4.84. The maximum Gasteiger partial charge on any atom is 0.119 e. The van der Waals surface area contributed by atoms with Crippen molar-refractivity contribution in [3.8, 4) is 11.5 Å². The number of benzene rings is 2. The van der Waals surface area contributed by atoms with Crippen LogP contribution in [0.2, 0.25) is 0 Å². The molecule has 23 heavy (non-hydrogen) atoms. The number of ether oxygens (including phenoxy) is 2. The van der Waals surface area contributed by atoms with E-state index < -0.39 is 0 Å². The zero-order valence-electron chi connectivity index (χ0n) is 13.4. The zero-order chi connectivity index (χ0) is 16.1. The average molecular weight is 313 g/mol.